The summed E-state index contributed by atoms with van der Waals surface area (Å²) in [6.07, 6.45) is 15.9. The van der Waals surface area contributed by atoms with Gasteiger partial charge in [0.2, 0.25) is 5.91 Å². The number of nitrogens with zero attached hydrogens (tertiary/aromatic N) is 5. The van der Waals surface area contributed by atoms with Gasteiger partial charge in [-0.1, -0.05) is 73.3 Å². The minimum atomic E-state index is -0.450. The molecule has 2 aliphatic carbocycles. The van der Waals surface area contributed by atoms with Crippen LogP contribution in [0, 0.1) is 22.7 Å². The number of hydrogen-bond acceptors (Lipinski definition) is 5. The van der Waals surface area contributed by atoms with Crippen molar-refractivity contribution in [1.29, 1.82) is 5.26 Å². The van der Waals surface area contributed by atoms with Gasteiger partial charge in [0.05, 0.1) is 17.5 Å². The zero-order chi connectivity index (χ0) is 30.4. The largest absolute Gasteiger partial charge is 0.341 e. The molecule has 3 aromatic rings. The van der Waals surface area contributed by atoms with Crippen LogP contribution in [-0.4, -0.2) is 50.7 Å². The number of carbonyl (C=O) groups is 1. The Balaban J connectivity index is 1.15. The Morgan fingerprint density at radius 1 is 0.977 bits per heavy atom. The van der Waals surface area contributed by atoms with E-state index in [4.69, 9.17) is 11.6 Å². The highest BCUT2D eigenvalue weighted by molar-refractivity contribution is 6.30. The Hall–Kier alpha value is -3.21. The zero-order valence-corrected chi connectivity index (χ0v) is 26.5. The van der Waals surface area contributed by atoms with Crippen LogP contribution in [0.4, 0.5) is 0 Å². The number of rotatable bonds is 9. The summed E-state index contributed by atoms with van der Waals surface area (Å²) in [6.45, 7) is 2.44. The van der Waals surface area contributed by atoms with E-state index in [1.54, 1.807) is 6.33 Å². The first-order valence-corrected chi connectivity index (χ1v) is 16.9. The minimum absolute atomic E-state index is 0.158. The molecule has 0 radical (unpaired) electrons. The molecule has 1 saturated heterocycles. The van der Waals surface area contributed by atoms with Crippen LogP contribution in [0.15, 0.2) is 67.3 Å². The van der Waals surface area contributed by atoms with E-state index < -0.39 is 5.41 Å². The summed E-state index contributed by atoms with van der Waals surface area (Å²) in [5.74, 6) is 0.867. The standard InChI is InChI=1S/C36H45ClN6O/c37-31-13-11-28(12-14-31)23-33(41-32-15-17-35(24-38,18-16-32)29-7-3-1-4-8-29)34(44)42-21-19-36(20-22-42,25-43-27-39-26-40-43)30-9-5-2-6-10-30/h1,3-4,7-8,11-14,26-27,30,32-33,41H,2,5-6,9-10,15-23,25H2/t32-,33-,35+/m1/s1. The maximum Gasteiger partial charge on any atom is 0.240 e. The van der Waals surface area contributed by atoms with Crippen molar-refractivity contribution in [3.63, 3.8) is 0 Å². The van der Waals surface area contributed by atoms with Gasteiger partial charge >= 0.3 is 0 Å². The van der Waals surface area contributed by atoms with Gasteiger partial charge in [-0.05, 0) is 92.4 Å². The summed E-state index contributed by atoms with van der Waals surface area (Å²) < 4.78 is 2.01. The van der Waals surface area contributed by atoms with Crippen LogP contribution >= 0.6 is 11.6 Å². The molecule has 2 heterocycles. The molecule has 1 aliphatic heterocycles. The quantitative estimate of drug-likeness (QED) is 0.290. The van der Waals surface area contributed by atoms with Crippen LogP contribution < -0.4 is 5.32 Å². The summed E-state index contributed by atoms with van der Waals surface area (Å²) in [5.41, 5.74) is 1.92. The molecule has 3 fully saturated rings. The average molecular weight is 613 g/mol. The topological polar surface area (TPSA) is 86.8 Å². The molecule has 1 N–H and O–H groups in total. The third kappa shape index (κ3) is 6.87. The highest BCUT2D eigenvalue weighted by Crippen LogP contribution is 2.47. The second-order valence-electron chi connectivity index (χ2n) is 13.5. The van der Waals surface area contributed by atoms with Crippen molar-refractivity contribution in [1.82, 2.24) is 25.0 Å². The molecule has 3 aliphatic rings. The van der Waals surface area contributed by atoms with E-state index in [0.29, 0.717) is 17.4 Å². The van der Waals surface area contributed by atoms with Crippen LogP contribution in [0.2, 0.25) is 5.02 Å². The molecule has 1 atom stereocenters. The van der Waals surface area contributed by atoms with E-state index in [2.05, 4.69) is 38.5 Å². The molecule has 0 unspecified atom stereocenters. The van der Waals surface area contributed by atoms with Crippen LogP contribution in [0.1, 0.15) is 81.8 Å². The molecule has 1 amide bonds. The Morgan fingerprint density at radius 3 is 2.32 bits per heavy atom. The number of nitrogens with one attached hydrogen (secondary N) is 1. The van der Waals surface area contributed by atoms with E-state index >= 15 is 0 Å². The van der Waals surface area contributed by atoms with E-state index in [9.17, 15) is 10.1 Å². The first-order valence-electron chi connectivity index (χ1n) is 16.6. The Labute approximate surface area is 267 Å². The smallest absolute Gasteiger partial charge is 0.240 e. The van der Waals surface area contributed by atoms with Gasteiger partial charge in [0.1, 0.15) is 12.7 Å². The van der Waals surface area contributed by atoms with E-state index in [-0.39, 0.29) is 23.4 Å². The summed E-state index contributed by atoms with van der Waals surface area (Å²) >= 11 is 6.19. The van der Waals surface area contributed by atoms with Gasteiger partial charge in [0, 0.05) is 30.7 Å². The number of aromatic nitrogens is 3. The van der Waals surface area contributed by atoms with Gasteiger partial charge in [0.25, 0.3) is 0 Å². The monoisotopic (exact) mass is 612 g/mol. The fourth-order valence-electron chi connectivity index (χ4n) is 8.30. The lowest BCUT2D eigenvalue weighted by molar-refractivity contribution is -0.137. The van der Waals surface area contributed by atoms with Crippen molar-refractivity contribution in [3.8, 4) is 6.07 Å². The molecule has 232 valence electrons. The third-order valence-corrected chi connectivity index (χ3v) is 11.2. The second-order valence-corrected chi connectivity index (χ2v) is 13.9. The van der Waals surface area contributed by atoms with Crippen LogP contribution in [0.3, 0.4) is 0 Å². The number of piperidine rings is 1. The first kappa shape index (κ1) is 30.8. The molecule has 0 bridgehead atoms. The second kappa shape index (κ2) is 13.8. The van der Waals surface area contributed by atoms with Crippen molar-refractivity contribution in [2.75, 3.05) is 13.1 Å². The number of likely N-dealkylation sites (tertiary alicyclic amines) is 1. The van der Waals surface area contributed by atoms with Crippen molar-refractivity contribution in [3.05, 3.63) is 83.4 Å². The summed E-state index contributed by atoms with van der Waals surface area (Å²) in [6, 6.07) is 20.6. The first-order chi connectivity index (χ1) is 21.5. The van der Waals surface area contributed by atoms with Crippen molar-refractivity contribution in [2.45, 2.75) is 101 Å². The van der Waals surface area contributed by atoms with Gasteiger partial charge in [-0.25, -0.2) is 4.98 Å². The molecule has 2 saturated carbocycles. The highest BCUT2D eigenvalue weighted by Gasteiger charge is 2.44. The molecule has 1 aromatic heterocycles. The highest BCUT2D eigenvalue weighted by atomic mass is 35.5. The number of nitriles is 1. The predicted molar refractivity (Wildman–Crippen MR) is 173 cm³/mol. The third-order valence-electron chi connectivity index (χ3n) is 11.0. The van der Waals surface area contributed by atoms with Crippen molar-refractivity contribution < 1.29 is 4.79 Å². The van der Waals surface area contributed by atoms with E-state index in [1.807, 2.05) is 53.5 Å². The molecule has 7 nitrogen and oxygen atoms in total. The molecule has 8 heteroatoms. The fraction of sp³-hybridized carbons (Fsp3) is 0.556. The maximum atomic E-state index is 14.3. The molecule has 6 rings (SSSR count). The molecular formula is C36H45ClN6O. The molecule has 0 spiro atoms. The van der Waals surface area contributed by atoms with Gasteiger partial charge in [0.15, 0.2) is 0 Å². The SMILES string of the molecule is N#C[C@]1(c2ccccc2)CC[C@@H](N[C@H](Cc2ccc(Cl)cc2)C(=O)N2CCC(Cn3cncn3)(C3CCCCC3)CC2)CC1. The van der Waals surface area contributed by atoms with Crippen molar-refractivity contribution >= 4 is 17.5 Å². The maximum absolute atomic E-state index is 14.3. The molecule has 44 heavy (non-hydrogen) atoms. The number of amides is 1. The van der Waals surface area contributed by atoms with Crippen LogP contribution in [0.25, 0.3) is 0 Å². The zero-order valence-electron chi connectivity index (χ0n) is 25.7. The Morgan fingerprint density at radius 2 is 1.68 bits per heavy atom. The Bertz CT molecular complexity index is 1380. The van der Waals surface area contributed by atoms with Crippen LogP contribution in [0.5, 0.6) is 0 Å². The number of benzene rings is 2. The van der Waals surface area contributed by atoms with Gasteiger partial charge in [-0.3, -0.25) is 9.48 Å². The number of hydrogen-bond donors (Lipinski definition) is 1. The predicted octanol–water partition coefficient (Wildman–Crippen LogP) is 6.73. The van der Waals surface area contributed by atoms with Gasteiger partial charge in [-0.2, -0.15) is 10.4 Å². The molecule has 2 aromatic carbocycles. The van der Waals surface area contributed by atoms with Gasteiger partial charge in [-0.15, -0.1) is 0 Å². The fourth-order valence-corrected chi connectivity index (χ4v) is 8.42. The lowest BCUT2D eigenvalue weighted by Crippen LogP contribution is -2.56. The van der Waals surface area contributed by atoms with Crippen molar-refractivity contribution in [2.24, 2.45) is 11.3 Å². The minimum Gasteiger partial charge on any atom is -0.341 e. The number of carbonyl (C=O) groups excluding carboxylic acids is 1. The summed E-state index contributed by atoms with van der Waals surface area (Å²) in [5, 5.41) is 19.2. The van der Waals surface area contributed by atoms with E-state index in [0.717, 1.165) is 69.3 Å². The normalized spacial score (nSPS) is 24.8. The van der Waals surface area contributed by atoms with E-state index in [1.165, 1.54) is 32.1 Å². The molecular weight excluding hydrogens is 568 g/mol. The average Bonchev–Trinajstić information content (AvgIpc) is 3.59. The lowest BCUT2D eigenvalue weighted by atomic mass is 9.63. The van der Waals surface area contributed by atoms with Crippen LogP contribution in [-0.2, 0) is 23.2 Å². The Kier molecular flexibility index (Phi) is 9.68. The summed E-state index contributed by atoms with van der Waals surface area (Å²) in [4.78, 5) is 20.6. The lowest BCUT2D eigenvalue weighted by Gasteiger charge is -2.48. The van der Waals surface area contributed by atoms with Gasteiger partial charge < -0.3 is 10.2 Å². The summed E-state index contributed by atoms with van der Waals surface area (Å²) in [7, 11) is 0. The number of halogens is 1.